The highest BCUT2D eigenvalue weighted by Crippen LogP contribution is 2.33. The molecule has 0 amide bonds. The van der Waals surface area contributed by atoms with Crippen LogP contribution in [0.4, 0.5) is 5.69 Å². The molecule has 1 saturated carbocycles. The number of non-ortho nitro benzene ring substituents is 1. The maximum absolute atomic E-state index is 12.1. The molecular formula is C19H19NO4. The number of benzene rings is 2. The summed E-state index contributed by atoms with van der Waals surface area (Å²) in [7, 11) is 0. The van der Waals surface area contributed by atoms with E-state index in [9.17, 15) is 14.9 Å². The Morgan fingerprint density at radius 2 is 1.58 bits per heavy atom. The molecule has 0 unspecified atom stereocenters. The lowest BCUT2D eigenvalue weighted by Crippen LogP contribution is -2.09. The average Bonchev–Trinajstić information content (AvgIpc) is 2.63. The fourth-order valence-electron chi connectivity index (χ4n) is 3.13. The lowest BCUT2D eigenvalue weighted by Gasteiger charge is -2.22. The van der Waals surface area contributed by atoms with Crippen LogP contribution < -0.4 is 4.74 Å². The van der Waals surface area contributed by atoms with Gasteiger partial charge in [-0.3, -0.25) is 10.1 Å². The van der Waals surface area contributed by atoms with Gasteiger partial charge in [-0.05, 0) is 48.6 Å². The fraction of sp³-hybridized carbons (Fsp3) is 0.316. The molecule has 2 aromatic carbocycles. The van der Waals surface area contributed by atoms with Gasteiger partial charge in [0.1, 0.15) is 5.75 Å². The largest absolute Gasteiger partial charge is 0.423 e. The van der Waals surface area contributed by atoms with Gasteiger partial charge in [0.25, 0.3) is 5.69 Å². The van der Waals surface area contributed by atoms with Gasteiger partial charge < -0.3 is 4.74 Å². The number of nitrogens with zero attached hydrogens (tertiary/aromatic N) is 1. The highest BCUT2D eigenvalue weighted by atomic mass is 16.6. The van der Waals surface area contributed by atoms with Crippen LogP contribution in [0.15, 0.2) is 48.5 Å². The second-order valence-electron chi connectivity index (χ2n) is 6.10. The lowest BCUT2D eigenvalue weighted by atomic mass is 9.84. The Hall–Kier alpha value is -2.69. The molecule has 0 spiro atoms. The third-order valence-electron chi connectivity index (χ3n) is 4.48. The molecule has 124 valence electrons. The van der Waals surface area contributed by atoms with Crippen molar-refractivity contribution < 1.29 is 14.5 Å². The standard InChI is InChI=1S/C19H19NO4/c21-19(16-6-10-17(11-7-16)20(22)23)24-18-12-8-15(9-13-18)14-4-2-1-3-5-14/h6-14H,1-5H2. The van der Waals surface area contributed by atoms with Crippen LogP contribution in [0.2, 0.25) is 0 Å². The van der Waals surface area contributed by atoms with E-state index >= 15 is 0 Å². The highest BCUT2D eigenvalue weighted by molar-refractivity contribution is 5.91. The maximum Gasteiger partial charge on any atom is 0.343 e. The van der Waals surface area contributed by atoms with E-state index in [4.69, 9.17) is 4.74 Å². The van der Waals surface area contributed by atoms with E-state index in [0.717, 1.165) is 0 Å². The van der Waals surface area contributed by atoms with Gasteiger partial charge >= 0.3 is 5.97 Å². The lowest BCUT2D eigenvalue weighted by molar-refractivity contribution is -0.384. The van der Waals surface area contributed by atoms with Gasteiger partial charge in [-0.2, -0.15) is 0 Å². The molecule has 0 atom stereocenters. The molecular weight excluding hydrogens is 306 g/mol. The van der Waals surface area contributed by atoms with E-state index in [1.165, 1.54) is 61.9 Å². The van der Waals surface area contributed by atoms with Crippen LogP contribution >= 0.6 is 0 Å². The summed E-state index contributed by atoms with van der Waals surface area (Å²) in [5, 5.41) is 10.6. The summed E-state index contributed by atoms with van der Waals surface area (Å²) in [5.41, 5.74) is 1.53. The zero-order valence-electron chi connectivity index (χ0n) is 13.3. The number of nitro groups is 1. The third-order valence-corrected chi connectivity index (χ3v) is 4.48. The zero-order chi connectivity index (χ0) is 16.9. The molecule has 3 rings (SSSR count). The molecule has 0 aliphatic heterocycles. The van der Waals surface area contributed by atoms with Crippen LogP contribution in [0.3, 0.4) is 0 Å². The van der Waals surface area contributed by atoms with Gasteiger partial charge in [0.2, 0.25) is 0 Å². The van der Waals surface area contributed by atoms with Gasteiger partial charge in [-0.1, -0.05) is 31.4 Å². The minimum Gasteiger partial charge on any atom is -0.423 e. The first-order chi connectivity index (χ1) is 11.6. The predicted molar refractivity (Wildman–Crippen MR) is 90.3 cm³/mol. The molecule has 0 saturated heterocycles. The number of esters is 1. The zero-order valence-corrected chi connectivity index (χ0v) is 13.3. The van der Waals surface area contributed by atoms with Crippen molar-refractivity contribution in [3.63, 3.8) is 0 Å². The second kappa shape index (κ2) is 7.25. The molecule has 1 aliphatic carbocycles. The Bertz CT molecular complexity index is 716. The molecule has 24 heavy (non-hydrogen) atoms. The molecule has 5 heteroatoms. The van der Waals surface area contributed by atoms with Crippen molar-refractivity contribution >= 4 is 11.7 Å². The quantitative estimate of drug-likeness (QED) is 0.348. The van der Waals surface area contributed by atoms with Crippen LogP contribution in [0.25, 0.3) is 0 Å². The fourth-order valence-corrected chi connectivity index (χ4v) is 3.13. The number of rotatable bonds is 4. The predicted octanol–water partition coefficient (Wildman–Crippen LogP) is 4.86. The number of hydrogen-bond acceptors (Lipinski definition) is 4. The summed E-state index contributed by atoms with van der Waals surface area (Å²) in [6.45, 7) is 0. The number of carbonyl (C=O) groups is 1. The minimum atomic E-state index is -0.518. The average molecular weight is 325 g/mol. The van der Waals surface area contributed by atoms with Crippen LogP contribution in [-0.4, -0.2) is 10.9 Å². The van der Waals surface area contributed by atoms with Gasteiger partial charge in [0.15, 0.2) is 0 Å². The van der Waals surface area contributed by atoms with Gasteiger partial charge in [0, 0.05) is 12.1 Å². The Morgan fingerprint density at radius 3 is 2.17 bits per heavy atom. The smallest absolute Gasteiger partial charge is 0.343 e. The van der Waals surface area contributed by atoms with Crippen LogP contribution in [-0.2, 0) is 0 Å². The van der Waals surface area contributed by atoms with Crippen molar-refractivity contribution in [2.24, 2.45) is 0 Å². The van der Waals surface area contributed by atoms with Crippen LogP contribution in [0.1, 0.15) is 53.9 Å². The van der Waals surface area contributed by atoms with Crippen molar-refractivity contribution in [3.05, 3.63) is 69.8 Å². The van der Waals surface area contributed by atoms with E-state index in [2.05, 4.69) is 0 Å². The highest BCUT2D eigenvalue weighted by Gasteiger charge is 2.16. The molecule has 0 aromatic heterocycles. The number of carbonyl (C=O) groups excluding carboxylic acids is 1. The number of nitro benzene ring substituents is 1. The molecule has 0 heterocycles. The van der Waals surface area contributed by atoms with E-state index in [1.54, 1.807) is 0 Å². The summed E-state index contributed by atoms with van der Waals surface area (Å²) in [4.78, 5) is 22.2. The first kappa shape index (κ1) is 16.2. The van der Waals surface area contributed by atoms with Gasteiger partial charge in [0.05, 0.1) is 10.5 Å². The summed E-state index contributed by atoms with van der Waals surface area (Å²) in [6, 6.07) is 13.1. The minimum absolute atomic E-state index is 0.0524. The molecule has 2 aromatic rings. The topological polar surface area (TPSA) is 69.4 Å². The Balaban J connectivity index is 1.64. The molecule has 5 nitrogen and oxygen atoms in total. The van der Waals surface area contributed by atoms with E-state index in [0.29, 0.717) is 11.7 Å². The monoisotopic (exact) mass is 325 g/mol. The Labute approximate surface area is 140 Å². The molecule has 0 N–H and O–H groups in total. The molecule has 0 bridgehead atoms. The van der Waals surface area contributed by atoms with Crippen LogP contribution in [0, 0.1) is 10.1 Å². The van der Waals surface area contributed by atoms with Crippen LogP contribution in [0.5, 0.6) is 5.75 Å². The van der Waals surface area contributed by atoms with E-state index in [1.807, 2.05) is 24.3 Å². The summed E-state index contributed by atoms with van der Waals surface area (Å²) < 4.78 is 5.33. The van der Waals surface area contributed by atoms with Crippen molar-refractivity contribution in [3.8, 4) is 5.75 Å². The van der Waals surface area contributed by atoms with E-state index < -0.39 is 10.9 Å². The van der Waals surface area contributed by atoms with Gasteiger partial charge in [-0.15, -0.1) is 0 Å². The first-order valence-electron chi connectivity index (χ1n) is 8.20. The molecule has 1 aliphatic rings. The first-order valence-corrected chi connectivity index (χ1v) is 8.20. The van der Waals surface area contributed by atoms with Gasteiger partial charge in [-0.25, -0.2) is 4.79 Å². The Morgan fingerprint density at radius 1 is 0.958 bits per heavy atom. The Kier molecular flexibility index (Phi) is 4.89. The van der Waals surface area contributed by atoms with Crippen molar-refractivity contribution in [2.75, 3.05) is 0 Å². The van der Waals surface area contributed by atoms with E-state index in [-0.39, 0.29) is 11.3 Å². The summed E-state index contributed by atoms with van der Waals surface area (Å²) in [6.07, 6.45) is 6.33. The number of hydrogen-bond donors (Lipinski definition) is 0. The molecule has 0 radical (unpaired) electrons. The summed E-state index contributed by atoms with van der Waals surface area (Å²) in [5.74, 6) is 0.575. The molecule has 1 fully saturated rings. The second-order valence-corrected chi connectivity index (χ2v) is 6.10. The maximum atomic E-state index is 12.1. The normalized spacial score (nSPS) is 15.0. The van der Waals surface area contributed by atoms with Crippen molar-refractivity contribution in [1.82, 2.24) is 0 Å². The number of ether oxygens (including phenoxy) is 1. The SMILES string of the molecule is O=C(Oc1ccc(C2CCCCC2)cc1)c1ccc([N+](=O)[O-])cc1. The third kappa shape index (κ3) is 3.79. The van der Waals surface area contributed by atoms with Crippen molar-refractivity contribution in [1.29, 1.82) is 0 Å². The van der Waals surface area contributed by atoms with Crippen molar-refractivity contribution in [2.45, 2.75) is 38.0 Å². The summed E-state index contributed by atoms with van der Waals surface area (Å²) >= 11 is 0.